The van der Waals surface area contributed by atoms with Crippen LogP contribution in [0, 0.1) is 12.3 Å². The van der Waals surface area contributed by atoms with Gasteiger partial charge in [0.05, 0.1) is 13.1 Å². The first kappa shape index (κ1) is 13.6. The number of aryl methyl sites for hydroxylation is 1. The van der Waals surface area contributed by atoms with Crippen molar-refractivity contribution < 1.29 is 9.90 Å². The maximum Gasteiger partial charge on any atom is 0.317 e. The molecule has 1 atom stereocenters. The van der Waals surface area contributed by atoms with Crippen molar-refractivity contribution >= 4 is 5.97 Å². The zero-order chi connectivity index (χ0) is 13.7. The Morgan fingerprint density at radius 1 is 1.42 bits per heavy atom. The van der Waals surface area contributed by atoms with E-state index in [0.29, 0.717) is 6.54 Å². The van der Waals surface area contributed by atoms with Gasteiger partial charge in [-0.2, -0.15) is 0 Å². The summed E-state index contributed by atoms with van der Waals surface area (Å²) in [6, 6.07) is 8.44. The third kappa shape index (κ3) is 3.36. The molecule has 1 N–H and O–H groups in total. The van der Waals surface area contributed by atoms with E-state index >= 15 is 0 Å². The molecule has 1 aliphatic carbocycles. The molecule has 0 radical (unpaired) electrons. The summed E-state index contributed by atoms with van der Waals surface area (Å²) >= 11 is 0. The molecular weight excluding hydrogens is 238 g/mol. The molecule has 1 aliphatic rings. The Morgan fingerprint density at radius 2 is 2.21 bits per heavy atom. The fourth-order valence-corrected chi connectivity index (χ4v) is 2.84. The second-order valence-corrected chi connectivity index (χ2v) is 4.96. The number of aliphatic carboxylic acids is 1. The molecule has 0 aliphatic heterocycles. The predicted molar refractivity (Wildman–Crippen MR) is 74.8 cm³/mol. The van der Waals surface area contributed by atoms with Gasteiger partial charge in [0, 0.05) is 6.04 Å². The quantitative estimate of drug-likeness (QED) is 0.665. The van der Waals surface area contributed by atoms with Gasteiger partial charge >= 0.3 is 5.97 Å². The molecule has 0 amide bonds. The molecule has 0 fully saturated rings. The number of fused-ring (bicyclic) bond motifs is 1. The highest BCUT2D eigenvalue weighted by atomic mass is 16.4. The van der Waals surface area contributed by atoms with E-state index in [1.807, 2.05) is 17.0 Å². The van der Waals surface area contributed by atoms with Crippen molar-refractivity contribution in [3.63, 3.8) is 0 Å². The average Bonchev–Trinajstić information content (AvgIpc) is 2.60. The van der Waals surface area contributed by atoms with Crippen LogP contribution >= 0.6 is 0 Å². The second kappa shape index (κ2) is 6.40. The van der Waals surface area contributed by atoms with Gasteiger partial charge in [-0.25, -0.2) is 0 Å². The fraction of sp³-hybridized carbons (Fsp3) is 0.438. The van der Waals surface area contributed by atoms with Crippen molar-refractivity contribution in [2.24, 2.45) is 0 Å². The van der Waals surface area contributed by atoms with Crippen LogP contribution in [0.4, 0.5) is 0 Å². The average molecular weight is 257 g/mol. The minimum atomic E-state index is -0.822. The Hall–Kier alpha value is -1.79. The SMILES string of the molecule is C#CCN(CC(=O)O)C1CCCCc2ccccc21. The minimum Gasteiger partial charge on any atom is -0.480 e. The lowest BCUT2D eigenvalue weighted by atomic mass is 9.97. The molecule has 1 aromatic rings. The van der Waals surface area contributed by atoms with E-state index in [0.717, 1.165) is 25.7 Å². The van der Waals surface area contributed by atoms with Crippen LogP contribution < -0.4 is 0 Å². The number of nitrogens with zero attached hydrogens (tertiary/aromatic N) is 1. The highest BCUT2D eigenvalue weighted by molar-refractivity contribution is 5.69. The van der Waals surface area contributed by atoms with E-state index in [2.05, 4.69) is 18.1 Å². The van der Waals surface area contributed by atoms with Gasteiger partial charge in [-0.3, -0.25) is 9.69 Å². The van der Waals surface area contributed by atoms with E-state index in [-0.39, 0.29) is 12.6 Å². The van der Waals surface area contributed by atoms with Crippen molar-refractivity contribution in [1.82, 2.24) is 4.90 Å². The number of carboxylic acid groups (broad SMARTS) is 1. The predicted octanol–water partition coefficient (Wildman–Crippen LogP) is 2.47. The maximum absolute atomic E-state index is 11.0. The lowest BCUT2D eigenvalue weighted by Crippen LogP contribution is -2.34. The first-order chi connectivity index (χ1) is 9.22. The molecule has 2 rings (SSSR count). The molecule has 1 unspecified atom stereocenters. The summed E-state index contributed by atoms with van der Waals surface area (Å²) in [5.74, 6) is 1.76. The van der Waals surface area contributed by atoms with Gasteiger partial charge < -0.3 is 5.11 Å². The summed E-state index contributed by atoms with van der Waals surface area (Å²) in [5, 5.41) is 9.05. The summed E-state index contributed by atoms with van der Waals surface area (Å²) in [4.78, 5) is 12.9. The summed E-state index contributed by atoms with van der Waals surface area (Å²) in [6.07, 6.45) is 9.71. The summed E-state index contributed by atoms with van der Waals surface area (Å²) in [6.45, 7) is 0.383. The maximum atomic E-state index is 11.0. The molecule has 3 heteroatoms. The molecule has 1 aromatic carbocycles. The van der Waals surface area contributed by atoms with Crippen LogP contribution in [0.5, 0.6) is 0 Å². The van der Waals surface area contributed by atoms with Gasteiger partial charge in [0.25, 0.3) is 0 Å². The smallest absolute Gasteiger partial charge is 0.317 e. The van der Waals surface area contributed by atoms with Crippen LogP contribution in [0.1, 0.15) is 36.4 Å². The Balaban J connectivity index is 2.30. The van der Waals surface area contributed by atoms with Crippen molar-refractivity contribution in [2.75, 3.05) is 13.1 Å². The molecule has 0 aromatic heterocycles. The number of terminal acetylenes is 1. The monoisotopic (exact) mass is 257 g/mol. The van der Waals surface area contributed by atoms with E-state index in [9.17, 15) is 4.79 Å². The largest absolute Gasteiger partial charge is 0.480 e. The van der Waals surface area contributed by atoms with Crippen LogP contribution in [0.3, 0.4) is 0 Å². The first-order valence-corrected chi connectivity index (χ1v) is 6.69. The van der Waals surface area contributed by atoms with Gasteiger partial charge in [0.15, 0.2) is 0 Å². The van der Waals surface area contributed by atoms with Crippen LogP contribution in [-0.2, 0) is 11.2 Å². The van der Waals surface area contributed by atoms with E-state index < -0.39 is 5.97 Å². The van der Waals surface area contributed by atoms with Gasteiger partial charge in [0.1, 0.15) is 0 Å². The molecular formula is C16H19NO2. The summed E-state index contributed by atoms with van der Waals surface area (Å²) < 4.78 is 0. The highest BCUT2D eigenvalue weighted by Crippen LogP contribution is 2.32. The molecule has 0 heterocycles. The zero-order valence-electron chi connectivity index (χ0n) is 11.0. The Kier molecular flexibility index (Phi) is 4.59. The summed E-state index contributed by atoms with van der Waals surface area (Å²) in [7, 11) is 0. The van der Waals surface area contributed by atoms with E-state index in [1.165, 1.54) is 11.1 Å². The standard InChI is InChI=1S/C16H19NO2/c1-2-11-17(12-16(18)19)15-10-6-4-8-13-7-3-5-9-14(13)15/h1,3,5,7,9,15H,4,6,8,10-12H2,(H,18,19). The lowest BCUT2D eigenvalue weighted by molar-refractivity contribution is -0.138. The van der Waals surface area contributed by atoms with Crippen LogP contribution in [0.2, 0.25) is 0 Å². The molecule has 19 heavy (non-hydrogen) atoms. The number of carboxylic acids is 1. The van der Waals surface area contributed by atoms with Crippen LogP contribution in [-0.4, -0.2) is 29.1 Å². The molecule has 0 saturated carbocycles. The zero-order valence-corrected chi connectivity index (χ0v) is 11.0. The topological polar surface area (TPSA) is 40.5 Å². The Bertz CT molecular complexity index is 490. The lowest BCUT2D eigenvalue weighted by Gasteiger charge is -2.29. The van der Waals surface area contributed by atoms with Gasteiger partial charge in [-0.15, -0.1) is 6.42 Å². The number of carbonyl (C=O) groups is 1. The number of hydrogen-bond acceptors (Lipinski definition) is 2. The molecule has 0 spiro atoms. The number of benzene rings is 1. The molecule has 3 nitrogen and oxygen atoms in total. The fourth-order valence-electron chi connectivity index (χ4n) is 2.84. The number of hydrogen-bond donors (Lipinski definition) is 1. The van der Waals surface area contributed by atoms with Gasteiger partial charge in [-0.1, -0.05) is 36.6 Å². The molecule has 0 bridgehead atoms. The van der Waals surface area contributed by atoms with Crippen LogP contribution in [0.15, 0.2) is 24.3 Å². The van der Waals surface area contributed by atoms with E-state index in [4.69, 9.17) is 11.5 Å². The third-order valence-electron chi connectivity index (χ3n) is 3.66. The van der Waals surface area contributed by atoms with Crippen molar-refractivity contribution in [1.29, 1.82) is 0 Å². The van der Waals surface area contributed by atoms with Gasteiger partial charge in [-0.05, 0) is 30.4 Å². The van der Waals surface area contributed by atoms with Crippen molar-refractivity contribution in [3.05, 3.63) is 35.4 Å². The highest BCUT2D eigenvalue weighted by Gasteiger charge is 2.25. The summed E-state index contributed by atoms with van der Waals surface area (Å²) in [5.41, 5.74) is 2.58. The van der Waals surface area contributed by atoms with Crippen LogP contribution in [0.25, 0.3) is 0 Å². The first-order valence-electron chi connectivity index (χ1n) is 6.69. The Labute approximate surface area is 114 Å². The van der Waals surface area contributed by atoms with Crippen molar-refractivity contribution in [2.45, 2.75) is 31.7 Å². The Morgan fingerprint density at radius 3 is 2.95 bits per heavy atom. The minimum absolute atomic E-state index is 0.00318. The van der Waals surface area contributed by atoms with Gasteiger partial charge in [0.2, 0.25) is 0 Å². The third-order valence-corrected chi connectivity index (χ3v) is 3.66. The normalized spacial score (nSPS) is 18.4. The van der Waals surface area contributed by atoms with Crippen molar-refractivity contribution in [3.8, 4) is 12.3 Å². The second-order valence-electron chi connectivity index (χ2n) is 4.96. The molecule has 100 valence electrons. The van der Waals surface area contributed by atoms with E-state index in [1.54, 1.807) is 0 Å². The number of rotatable bonds is 4. The molecule has 0 saturated heterocycles.